The molecule has 2 atom stereocenters. The molecule has 10 heteroatoms. The molecule has 0 bridgehead atoms. The maximum Gasteiger partial charge on any atom is 0.269 e. The molecule has 0 spiro atoms. The van der Waals surface area contributed by atoms with Crippen LogP contribution in [0.25, 0.3) is 5.70 Å². The van der Waals surface area contributed by atoms with Gasteiger partial charge in [-0.05, 0) is 26.0 Å². The number of amides is 2. The maximum atomic E-state index is 13.2. The van der Waals surface area contributed by atoms with Crippen molar-refractivity contribution in [2.45, 2.75) is 26.1 Å². The van der Waals surface area contributed by atoms with Crippen LogP contribution in [0.4, 0.5) is 5.69 Å². The Labute approximate surface area is 195 Å². The van der Waals surface area contributed by atoms with Crippen LogP contribution in [-0.4, -0.2) is 52.8 Å². The standard InChI is InChI=1S/C24H21N5O5/c1-14-12-28(13-15(2)34-14)24(31)20(11-25)21-18-5-3-4-6-19(18)22(26-21)27-23(30)16-7-9-17(10-8-16)29(32)33/h3-10,14-15H,12-13H2,1-2H3,(H,26,27,30)/b21-20-/t14-,15-/m1/s1. The van der Waals surface area contributed by atoms with E-state index in [4.69, 9.17) is 4.74 Å². The van der Waals surface area contributed by atoms with Gasteiger partial charge in [0.2, 0.25) is 0 Å². The monoisotopic (exact) mass is 459 g/mol. The Kier molecular flexibility index (Phi) is 6.21. The Morgan fingerprint density at radius 2 is 1.74 bits per heavy atom. The summed E-state index contributed by atoms with van der Waals surface area (Å²) in [6.07, 6.45) is -0.317. The smallest absolute Gasteiger partial charge is 0.269 e. The predicted octanol–water partition coefficient (Wildman–Crippen LogP) is 2.66. The number of carbonyl (C=O) groups excluding carboxylic acids is 2. The molecule has 2 heterocycles. The number of nitro groups is 1. The highest BCUT2D eigenvalue weighted by atomic mass is 16.6. The molecule has 1 fully saturated rings. The highest BCUT2D eigenvalue weighted by Gasteiger charge is 2.32. The highest BCUT2D eigenvalue weighted by molar-refractivity contribution is 6.20. The summed E-state index contributed by atoms with van der Waals surface area (Å²) in [5, 5.41) is 23.4. The van der Waals surface area contributed by atoms with E-state index in [-0.39, 0.29) is 40.6 Å². The van der Waals surface area contributed by atoms with E-state index in [1.54, 1.807) is 29.2 Å². The van der Waals surface area contributed by atoms with Crippen LogP contribution in [0, 0.1) is 21.4 Å². The molecule has 0 saturated carbocycles. The third-order valence-electron chi connectivity index (χ3n) is 5.50. The lowest BCUT2D eigenvalue weighted by molar-refractivity contribution is -0.384. The molecule has 4 rings (SSSR count). The summed E-state index contributed by atoms with van der Waals surface area (Å²) < 4.78 is 5.68. The number of hydrogen-bond acceptors (Lipinski definition) is 7. The van der Waals surface area contributed by atoms with Crippen molar-refractivity contribution in [2.24, 2.45) is 4.99 Å². The summed E-state index contributed by atoms with van der Waals surface area (Å²) in [7, 11) is 0. The van der Waals surface area contributed by atoms with Crippen LogP contribution in [0.1, 0.15) is 35.3 Å². The van der Waals surface area contributed by atoms with Crippen LogP contribution in [0.15, 0.2) is 59.1 Å². The molecule has 34 heavy (non-hydrogen) atoms. The average Bonchev–Trinajstić information content (AvgIpc) is 3.17. The number of hydrogen-bond donors (Lipinski definition) is 1. The van der Waals surface area contributed by atoms with E-state index in [0.717, 1.165) is 0 Å². The van der Waals surface area contributed by atoms with Gasteiger partial charge in [-0.1, -0.05) is 24.3 Å². The summed E-state index contributed by atoms with van der Waals surface area (Å²) in [6, 6.07) is 14.1. The molecule has 10 nitrogen and oxygen atoms in total. The number of nitrogens with one attached hydrogen (secondary N) is 1. The van der Waals surface area contributed by atoms with Crippen LogP contribution in [0.5, 0.6) is 0 Å². The quantitative estimate of drug-likeness (QED) is 0.324. The molecular weight excluding hydrogens is 438 g/mol. The lowest BCUT2D eigenvalue weighted by atomic mass is 10.0. The minimum atomic E-state index is -0.549. The first-order chi connectivity index (χ1) is 16.3. The Morgan fingerprint density at radius 3 is 2.32 bits per heavy atom. The number of aliphatic imine (C=N–C) groups is 1. The number of rotatable bonds is 3. The topological polar surface area (TPSA) is 138 Å². The van der Waals surface area contributed by atoms with Gasteiger partial charge in [0.25, 0.3) is 17.5 Å². The number of morpholine rings is 1. The van der Waals surface area contributed by atoms with Crippen molar-refractivity contribution in [3.05, 3.63) is 80.9 Å². The van der Waals surface area contributed by atoms with Gasteiger partial charge in [-0.15, -0.1) is 0 Å². The van der Waals surface area contributed by atoms with E-state index >= 15 is 0 Å². The molecular formula is C24H21N5O5. The van der Waals surface area contributed by atoms with Gasteiger partial charge >= 0.3 is 0 Å². The molecule has 1 saturated heterocycles. The number of nitrogens with zero attached hydrogens (tertiary/aromatic N) is 4. The number of ether oxygens (including phenoxy) is 1. The van der Waals surface area contributed by atoms with Crippen molar-refractivity contribution in [1.82, 2.24) is 10.2 Å². The lowest BCUT2D eigenvalue weighted by Gasteiger charge is -2.35. The van der Waals surface area contributed by atoms with Gasteiger partial charge in [-0.3, -0.25) is 19.7 Å². The molecule has 0 unspecified atom stereocenters. The van der Waals surface area contributed by atoms with E-state index in [0.29, 0.717) is 24.2 Å². The molecule has 0 aromatic heterocycles. The normalized spacial score (nSPS) is 20.6. The summed E-state index contributed by atoms with van der Waals surface area (Å²) in [6.45, 7) is 4.45. The van der Waals surface area contributed by atoms with Gasteiger partial charge in [0.15, 0.2) is 0 Å². The summed E-state index contributed by atoms with van der Waals surface area (Å²) >= 11 is 0. The molecule has 0 radical (unpaired) electrons. The Hall–Kier alpha value is -4.36. The lowest BCUT2D eigenvalue weighted by Crippen LogP contribution is -2.48. The number of carbonyl (C=O) groups is 2. The van der Waals surface area contributed by atoms with Crippen molar-refractivity contribution >= 4 is 29.0 Å². The van der Waals surface area contributed by atoms with E-state index in [1.807, 2.05) is 19.9 Å². The number of nitriles is 1. The first kappa shape index (κ1) is 22.8. The number of nitro benzene ring substituents is 1. The minimum absolute atomic E-state index is 0.117. The van der Waals surface area contributed by atoms with Crippen LogP contribution >= 0.6 is 0 Å². The van der Waals surface area contributed by atoms with E-state index in [9.17, 15) is 25.0 Å². The second-order valence-electron chi connectivity index (χ2n) is 8.07. The fourth-order valence-corrected chi connectivity index (χ4v) is 4.03. The average molecular weight is 459 g/mol. The van der Waals surface area contributed by atoms with Gasteiger partial charge in [0.1, 0.15) is 17.5 Å². The Bertz CT molecular complexity index is 1270. The van der Waals surface area contributed by atoms with Crippen molar-refractivity contribution in [2.75, 3.05) is 13.1 Å². The highest BCUT2D eigenvalue weighted by Crippen LogP contribution is 2.31. The summed E-state index contributed by atoms with van der Waals surface area (Å²) in [4.78, 5) is 42.3. The molecule has 2 aliphatic rings. The van der Waals surface area contributed by atoms with Crippen LogP contribution in [0.3, 0.4) is 0 Å². The fourth-order valence-electron chi connectivity index (χ4n) is 4.03. The molecule has 2 aromatic carbocycles. The zero-order valence-corrected chi connectivity index (χ0v) is 18.5. The zero-order valence-electron chi connectivity index (χ0n) is 18.5. The van der Waals surface area contributed by atoms with Gasteiger partial charge < -0.3 is 15.0 Å². The van der Waals surface area contributed by atoms with Gasteiger partial charge in [0.05, 0.1) is 22.8 Å². The number of amidine groups is 1. The molecule has 0 aliphatic carbocycles. The predicted molar refractivity (Wildman–Crippen MR) is 123 cm³/mol. The molecule has 172 valence electrons. The maximum absolute atomic E-state index is 13.2. The first-order valence-electron chi connectivity index (χ1n) is 10.6. The third kappa shape index (κ3) is 4.42. The van der Waals surface area contributed by atoms with Crippen LogP contribution in [-0.2, 0) is 9.53 Å². The number of non-ortho nitro benzene ring substituents is 1. The van der Waals surface area contributed by atoms with Crippen LogP contribution < -0.4 is 5.32 Å². The minimum Gasteiger partial charge on any atom is -0.372 e. The molecule has 2 amide bonds. The second kappa shape index (κ2) is 9.25. The molecule has 2 aromatic rings. The molecule has 1 N–H and O–H groups in total. The van der Waals surface area contributed by atoms with E-state index in [2.05, 4.69) is 10.3 Å². The Morgan fingerprint density at radius 1 is 1.12 bits per heavy atom. The SMILES string of the molecule is C[C@@H]1CN(C(=O)/C(C#N)=C2\N=C(NC(=O)c3ccc([N+](=O)[O-])cc3)c3ccccc32)C[C@@H](C)O1. The largest absolute Gasteiger partial charge is 0.372 e. The summed E-state index contributed by atoms with van der Waals surface area (Å²) in [5.41, 5.74) is 1.27. The van der Waals surface area contributed by atoms with Crippen molar-refractivity contribution in [1.29, 1.82) is 5.26 Å². The van der Waals surface area contributed by atoms with Crippen molar-refractivity contribution in [3.8, 4) is 6.07 Å². The number of benzene rings is 2. The van der Waals surface area contributed by atoms with Gasteiger partial charge in [0, 0.05) is 41.9 Å². The summed E-state index contributed by atoms with van der Waals surface area (Å²) in [5.74, 6) is -0.774. The zero-order chi connectivity index (χ0) is 24.4. The van der Waals surface area contributed by atoms with Crippen molar-refractivity contribution in [3.63, 3.8) is 0 Å². The third-order valence-corrected chi connectivity index (χ3v) is 5.50. The molecule has 2 aliphatic heterocycles. The Balaban J connectivity index is 1.67. The van der Waals surface area contributed by atoms with Crippen LogP contribution in [0.2, 0.25) is 0 Å². The van der Waals surface area contributed by atoms with E-state index in [1.165, 1.54) is 24.3 Å². The van der Waals surface area contributed by atoms with Gasteiger partial charge in [-0.25, -0.2) is 4.99 Å². The first-order valence-corrected chi connectivity index (χ1v) is 10.6. The second-order valence-corrected chi connectivity index (χ2v) is 8.07. The van der Waals surface area contributed by atoms with Crippen molar-refractivity contribution < 1.29 is 19.2 Å². The number of fused-ring (bicyclic) bond motifs is 1. The van der Waals surface area contributed by atoms with Gasteiger partial charge in [-0.2, -0.15) is 5.26 Å². The van der Waals surface area contributed by atoms with E-state index < -0.39 is 16.7 Å². The fraction of sp³-hybridized carbons (Fsp3) is 0.250.